The smallest absolute Gasteiger partial charge is 0.0431 e. The molecule has 0 spiro atoms. The minimum absolute atomic E-state index is 0.435. The van der Waals surface area contributed by atoms with Crippen molar-refractivity contribution in [1.29, 1.82) is 0 Å². The first kappa shape index (κ1) is 8.73. The minimum Gasteiger partial charge on any atom is -0.326 e. The number of hydrogen-bond donors (Lipinski definition) is 1. The maximum absolute atomic E-state index is 5.77. The fourth-order valence-corrected chi connectivity index (χ4v) is 0.520. The van der Waals surface area contributed by atoms with E-state index in [9.17, 15) is 0 Å². The van der Waals surface area contributed by atoms with Gasteiger partial charge < -0.3 is 5.73 Å². The molecule has 0 aliphatic heterocycles. The first-order valence-corrected chi connectivity index (χ1v) is 3.18. The Bertz CT molecular complexity index is 143. The van der Waals surface area contributed by atoms with Crippen LogP contribution in [0, 0.1) is 0 Å². The number of hydrogen-bond acceptors (Lipinski definition) is 1. The number of halogens is 1. The molecular formula is C7H12ClN. The van der Waals surface area contributed by atoms with Gasteiger partial charge in [-0.1, -0.05) is 23.8 Å². The lowest BCUT2D eigenvalue weighted by Crippen LogP contribution is -2.02. The Morgan fingerprint density at radius 3 is 2.11 bits per heavy atom. The predicted octanol–water partition coefficient (Wildman–Crippen LogP) is 2.03. The number of allylic oxidation sites excluding steroid dienone is 1. The maximum atomic E-state index is 5.77. The van der Waals surface area contributed by atoms with E-state index in [2.05, 4.69) is 6.58 Å². The van der Waals surface area contributed by atoms with Crippen LogP contribution in [-0.2, 0) is 0 Å². The van der Waals surface area contributed by atoms with Gasteiger partial charge in [0, 0.05) is 11.6 Å². The van der Waals surface area contributed by atoms with E-state index >= 15 is 0 Å². The summed E-state index contributed by atoms with van der Waals surface area (Å²) in [6.45, 7) is 7.98. The van der Waals surface area contributed by atoms with Crippen LogP contribution in [0.5, 0.6) is 0 Å². The van der Waals surface area contributed by atoms with Gasteiger partial charge in [0.1, 0.15) is 0 Å². The summed E-state index contributed by atoms with van der Waals surface area (Å²) in [5, 5.41) is 0.706. The highest BCUT2D eigenvalue weighted by Crippen LogP contribution is 2.15. The van der Waals surface area contributed by atoms with E-state index in [1.54, 1.807) is 0 Å². The lowest BCUT2D eigenvalue weighted by molar-refractivity contribution is 1.17. The molecule has 0 radical (unpaired) electrons. The van der Waals surface area contributed by atoms with E-state index < -0.39 is 0 Å². The second kappa shape index (κ2) is 3.70. The molecule has 0 aliphatic carbocycles. The SMILES string of the molecule is C=C(CN)C(Cl)=C(C)C. The lowest BCUT2D eigenvalue weighted by Gasteiger charge is -2.00. The van der Waals surface area contributed by atoms with Crippen molar-refractivity contribution in [3.8, 4) is 0 Å². The molecule has 0 saturated heterocycles. The monoisotopic (exact) mass is 145 g/mol. The predicted molar refractivity (Wildman–Crippen MR) is 42.4 cm³/mol. The highest BCUT2D eigenvalue weighted by Gasteiger charge is 1.96. The molecule has 0 fully saturated rings. The van der Waals surface area contributed by atoms with Gasteiger partial charge in [0.05, 0.1) is 0 Å². The molecule has 9 heavy (non-hydrogen) atoms. The zero-order valence-electron chi connectivity index (χ0n) is 5.87. The second-order valence-electron chi connectivity index (χ2n) is 2.12. The van der Waals surface area contributed by atoms with Crippen LogP contribution in [0.2, 0.25) is 0 Å². The molecular weight excluding hydrogens is 134 g/mol. The van der Waals surface area contributed by atoms with Crippen LogP contribution in [0.1, 0.15) is 13.8 Å². The molecule has 0 aliphatic rings. The van der Waals surface area contributed by atoms with Gasteiger partial charge in [-0.3, -0.25) is 0 Å². The Morgan fingerprint density at radius 1 is 1.56 bits per heavy atom. The first-order valence-electron chi connectivity index (χ1n) is 2.80. The molecule has 2 heteroatoms. The van der Waals surface area contributed by atoms with Crippen LogP contribution in [-0.4, -0.2) is 6.54 Å². The van der Waals surface area contributed by atoms with Gasteiger partial charge in [-0.15, -0.1) is 0 Å². The van der Waals surface area contributed by atoms with Crippen LogP contribution in [0.25, 0.3) is 0 Å². The van der Waals surface area contributed by atoms with E-state index in [0.29, 0.717) is 11.6 Å². The standard InChI is InChI=1S/C7H12ClN/c1-5(2)7(8)6(3)4-9/h3-4,9H2,1-2H3. The van der Waals surface area contributed by atoms with E-state index in [1.807, 2.05) is 13.8 Å². The average molecular weight is 146 g/mol. The molecule has 0 atom stereocenters. The normalized spacial score (nSPS) is 8.89. The van der Waals surface area contributed by atoms with Crippen molar-refractivity contribution in [2.45, 2.75) is 13.8 Å². The van der Waals surface area contributed by atoms with E-state index in [4.69, 9.17) is 17.3 Å². The molecule has 0 saturated carbocycles. The molecule has 1 nitrogen and oxygen atoms in total. The lowest BCUT2D eigenvalue weighted by atomic mass is 10.2. The van der Waals surface area contributed by atoms with Crippen LogP contribution < -0.4 is 5.73 Å². The topological polar surface area (TPSA) is 26.0 Å². The Hall–Kier alpha value is -0.270. The molecule has 0 rings (SSSR count). The molecule has 0 unspecified atom stereocenters. The maximum Gasteiger partial charge on any atom is 0.0431 e. The quantitative estimate of drug-likeness (QED) is 0.592. The molecule has 52 valence electrons. The van der Waals surface area contributed by atoms with Crippen LogP contribution in [0.3, 0.4) is 0 Å². The summed E-state index contributed by atoms with van der Waals surface area (Å²) in [7, 11) is 0. The Labute approximate surface area is 61.2 Å². The highest BCUT2D eigenvalue weighted by molar-refractivity contribution is 6.32. The zero-order chi connectivity index (χ0) is 7.44. The Kier molecular flexibility index (Phi) is 3.59. The molecule has 2 N–H and O–H groups in total. The van der Waals surface area contributed by atoms with Crippen molar-refractivity contribution < 1.29 is 0 Å². The summed E-state index contributed by atoms with van der Waals surface area (Å²) in [5.74, 6) is 0. The summed E-state index contributed by atoms with van der Waals surface area (Å²) in [6.07, 6.45) is 0. The molecule has 0 bridgehead atoms. The third-order valence-electron chi connectivity index (χ3n) is 0.996. The zero-order valence-corrected chi connectivity index (χ0v) is 6.63. The van der Waals surface area contributed by atoms with Gasteiger partial charge in [0.15, 0.2) is 0 Å². The van der Waals surface area contributed by atoms with Crippen molar-refractivity contribution in [3.63, 3.8) is 0 Å². The highest BCUT2D eigenvalue weighted by atomic mass is 35.5. The van der Waals surface area contributed by atoms with E-state index in [1.165, 1.54) is 0 Å². The van der Waals surface area contributed by atoms with Crippen LogP contribution >= 0.6 is 11.6 Å². The summed E-state index contributed by atoms with van der Waals surface area (Å²) in [4.78, 5) is 0. The van der Waals surface area contributed by atoms with Crippen molar-refractivity contribution in [2.24, 2.45) is 5.73 Å². The molecule has 0 heterocycles. The first-order chi connectivity index (χ1) is 4.09. The molecule has 0 amide bonds. The third kappa shape index (κ3) is 2.68. The third-order valence-corrected chi connectivity index (χ3v) is 1.64. The minimum atomic E-state index is 0.435. The van der Waals surface area contributed by atoms with Crippen molar-refractivity contribution in [3.05, 3.63) is 22.8 Å². The molecule has 0 aromatic heterocycles. The number of rotatable bonds is 2. The van der Waals surface area contributed by atoms with Gasteiger partial charge in [-0.05, 0) is 19.4 Å². The largest absolute Gasteiger partial charge is 0.326 e. The summed E-state index contributed by atoms with van der Waals surface area (Å²) in [5.41, 5.74) is 7.16. The van der Waals surface area contributed by atoms with Gasteiger partial charge in [0.25, 0.3) is 0 Å². The fourth-order valence-electron chi connectivity index (χ4n) is 0.443. The van der Waals surface area contributed by atoms with Crippen LogP contribution in [0.15, 0.2) is 22.8 Å². The van der Waals surface area contributed by atoms with E-state index in [-0.39, 0.29) is 0 Å². The Morgan fingerprint density at radius 2 is 2.00 bits per heavy atom. The van der Waals surface area contributed by atoms with Crippen LogP contribution in [0.4, 0.5) is 0 Å². The summed E-state index contributed by atoms with van der Waals surface area (Å²) >= 11 is 5.77. The van der Waals surface area contributed by atoms with Crippen molar-refractivity contribution in [1.82, 2.24) is 0 Å². The number of nitrogens with two attached hydrogens (primary N) is 1. The van der Waals surface area contributed by atoms with Gasteiger partial charge in [-0.25, -0.2) is 0 Å². The Balaban J connectivity index is 4.21. The average Bonchev–Trinajstić information content (AvgIpc) is 1.84. The summed E-state index contributed by atoms with van der Waals surface area (Å²) in [6, 6.07) is 0. The van der Waals surface area contributed by atoms with Gasteiger partial charge >= 0.3 is 0 Å². The van der Waals surface area contributed by atoms with Crippen molar-refractivity contribution in [2.75, 3.05) is 6.54 Å². The molecule has 0 aromatic rings. The van der Waals surface area contributed by atoms with Gasteiger partial charge in [-0.2, -0.15) is 0 Å². The second-order valence-corrected chi connectivity index (χ2v) is 2.50. The molecule has 0 aromatic carbocycles. The summed E-state index contributed by atoms with van der Waals surface area (Å²) < 4.78 is 0. The van der Waals surface area contributed by atoms with E-state index in [0.717, 1.165) is 11.1 Å². The van der Waals surface area contributed by atoms with Gasteiger partial charge in [0.2, 0.25) is 0 Å². The fraction of sp³-hybridized carbons (Fsp3) is 0.429. The van der Waals surface area contributed by atoms with Crippen molar-refractivity contribution >= 4 is 11.6 Å².